The summed E-state index contributed by atoms with van der Waals surface area (Å²) in [7, 11) is 0. The zero-order chi connectivity index (χ0) is 20.1. The smallest absolute Gasteiger partial charge is 0.441 e. The number of hydrogen-bond acceptors (Lipinski definition) is 5. The van der Waals surface area contributed by atoms with Crippen LogP contribution < -0.4 is 10.6 Å². The molecule has 0 radical (unpaired) electrons. The minimum absolute atomic E-state index is 0.350. The molecule has 1 aromatic heterocycles. The van der Waals surface area contributed by atoms with Gasteiger partial charge in [-0.3, -0.25) is 4.79 Å². The summed E-state index contributed by atoms with van der Waals surface area (Å²) in [6, 6.07) is 8.40. The number of benzene rings is 1. The van der Waals surface area contributed by atoms with Crippen LogP contribution in [-0.4, -0.2) is 35.3 Å². The molecule has 0 bridgehead atoms. The zero-order valence-corrected chi connectivity index (χ0v) is 14.0. The van der Waals surface area contributed by atoms with Crippen molar-refractivity contribution in [3.8, 4) is 0 Å². The van der Waals surface area contributed by atoms with E-state index in [2.05, 4.69) is 9.72 Å². The Morgan fingerprint density at radius 3 is 2.33 bits per heavy atom. The molecule has 0 aliphatic rings. The Labute approximate surface area is 151 Å². The molecule has 27 heavy (non-hydrogen) atoms. The van der Waals surface area contributed by atoms with E-state index in [1.165, 1.54) is 42.7 Å². The van der Waals surface area contributed by atoms with Crippen molar-refractivity contribution in [1.82, 2.24) is 10.3 Å². The monoisotopic (exact) mass is 385 g/mol. The number of alkyl halides is 3. The summed E-state index contributed by atoms with van der Waals surface area (Å²) in [5.74, 6) is -4.67. The molecular formula is C17H15F4N3O3. The minimum atomic E-state index is -5.34. The molecule has 1 aromatic carbocycles. The molecule has 2 aromatic rings. The SMILES string of the molecule is CCOC(=O)C(NC(=O)c1ccccc1F)(Nc1ccccn1)C(F)(F)F. The fourth-order valence-electron chi connectivity index (χ4n) is 2.14. The molecule has 1 amide bonds. The molecule has 0 fully saturated rings. The van der Waals surface area contributed by atoms with E-state index in [1.54, 1.807) is 0 Å². The molecule has 2 N–H and O–H groups in total. The van der Waals surface area contributed by atoms with Crippen LogP contribution in [0.2, 0.25) is 0 Å². The summed E-state index contributed by atoms with van der Waals surface area (Å²) in [6.07, 6.45) is -4.15. The van der Waals surface area contributed by atoms with Gasteiger partial charge in [0.25, 0.3) is 5.91 Å². The number of ether oxygens (including phenoxy) is 1. The third-order valence-corrected chi connectivity index (χ3v) is 3.41. The number of nitrogens with one attached hydrogen (secondary N) is 2. The van der Waals surface area contributed by atoms with Crippen LogP contribution in [-0.2, 0) is 9.53 Å². The van der Waals surface area contributed by atoms with Gasteiger partial charge in [0.15, 0.2) is 0 Å². The second-order valence-electron chi connectivity index (χ2n) is 5.24. The topological polar surface area (TPSA) is 80.3 Å². The first-order chi connectivity index (χ1) is 12.7. The van der Waals surface area contributed by atoms with Crippen molar-refractivity contribution in [2.24, 2.45) is 0 Å². The molecule has 0 aliphatic heterocycles. The predicted octanol–water partition coefficient (Wildman–Crippen LogP) is 2.88. The number of rotatable bonds is 6. The van der Waals surface area contributed by atoms with Gasteiger partial charge in [-0.15, -0.1) is 0 Å². The molecule has 2 rings (SSSR count). The average molecular weight is 385 g/mol. The van der Waals surface area contributed by atoms with Crippen LogP contribution in [0.5, 0.6) is 0 Å². The lowest BCUT2D eigenvalue weighted by molar-refractivity contribution is -0.204. The van der Waals surface area contributed by atoms with Gasteiger partial charge < -0.3 is 15.4 Å². The third-order valence-electron chi connectivity index (χ3n) is 3.41. The number of nitrogens with zero attached hydrogens (tertiary/aromatic N) is 1. The Balaban J connectivity index is 2.51. The first kappa shape index (κ1) is 20.1. The van der Waals surface area contributed by atoms with E-state index in [1.807, 2.05) is 5.32 Å². The molecule has 0 spiro atoms. The fraction of sp³-hybridized carbons (Fsp3) is 0.235. The maximum atomic E-state index is 13.9. The van der Waals surface area contributed by atoms with E-state index < -0.39 is 35.1 Å². The summed E-state index contributed by atoms with van der Waals surface area (Å²) >= 11 is 0. The van der Waals surface area contributed by atoms with Crippen LogP contribution in [0, 0.1) is 5.82 Å². The molecule has 0 saturated heterocycles. The Bertz CT molecular complexity index is 815. The van der Waals surface area contributed by atoms with Gasteiger partial charge in [-0.25, -0.2) is 14.2 Å². The summed E-state index contributed by atoms with van der Waals surface area (Å²) in [4.78, 5) is 28.2. The second kappa shape index (κ2) is 8.02. The number of anilines is 1. The summed E-state index contributed by atoms with van der Waals surface area (Å²) in [5.41, 5.74) is -4.34. The Kier molecular flexibility index (Phi) is 5.98. The number of halogens is 4. The van der Waals surface area contributed by atoms with E-state index in [9.17, 15) is 27.2 Å². The lowest BCUT2D eigenvalue weighted by Crippen LogP contribution is -2.69. The lowest BCUT2D eigenvalue weighted by Gasteiger charge is -2.34. The molecule has 10 heteroatoms. The highest BCUT2D eigenvalue weighted by atomic mass is 19.4. The van der Waals surface area contributed by atoms with Crippen molar-refractivity contribution >= 4 is 17.7 Å². The van der Waals surface area contributed by atoms with E-state index >= 15 is 0 Å². The molecule has 0 aliphatic carbocycles. The van der Waals surface area contributed by atoms with E-state index in [4.69, 9.17) is 0 Å². The zero-order valence-electron chi connectivity index (χ0n) is 14.0. The maximum absolute atomic E-state index is 13.9. The number of pyridine rings is 1. The largest absolute Gasteiger partial charge is 0.463 e. The van der Waals surface area contributed by atoms with Crippen molar-refractivity contribution in [3.63, 3.8) is 0 Å². The number of esters is 1. The van der Waals surface area contributed by atoms with Crippen molar-refractivity contribution < 1.29 is 31.9 Å². The number of carbonyl (C=O) groups excluding carboxylic acids is 2. The van der Waals surface area contributed by atoms with Gasteiger partial charge >= 0.3 is 17.8 Å². The van der Waals surface area contributed by atoms with Gasteiger partial charge in [-0.2, -0.15) is 13.2 Å². The van der Waals surface area contributed by atoms with Crippen LogP contribution in [0.4, 0.5) is 23.4 Å². The van der Waals surface area contributed by atoms with Crippen molar-refractivity contribution in [3.05, 3.63) is 60.0 Å². The molecule has 0 saturated carbocycles. The van der Waals surface area contributed by atoms with Gasteiger partial charge in [0.2, 0.25) is 0 Å². The van der Waals surface area contributed by atoms with Gasteiger partial charge in [0, 0.05) is 6.20 Å². The number of amides is 1. The van der Waals surface area contributed by atoms with E-state index in [0.29, 0.717) is 0 Å². The number of carbonyl (C=O) groups is 2. The maximum Gasteiger partial charge on any atom is 0.441 e. The van der Waals surface area contributed by atoms with Crippen LogP contribution in [0.1, 0.15) is 17.3 Å². The first-order valence-electron chi connectivity index (χ1n) is 7.71. The molecule has 1 atom stereocenters. The molecule has 144 valence electrons. The number of aromatic nitrogens is 1. The summed E-state index contributed by atoms with van der Waals surface area (Å²) in [5, 5.41) is 3.40. The van der Waals surface area contributed by atoms with Crippen LogP contribution in [0.3, 0.4) is 0 Å². The van der Waals surface area contributed by atoms with Crippen molar-refractivity contribution in [2.45, 2.75) is 18.8 Å². The Hall–Kier alpha value is -3.17. The minimum Gasteiger partial charge on any atom is -0.463 e. The van der Waals surface area contributed by atoms with E-state index in [-0.39, 0.29) is 12.4 Å². The Morgan fingerprint density at radius 2 is 1.78 bits per heavy atom. The van der Waals surface area contributed by atoms with Gasteiger partial charge in [0.05, 0.1) is 12.2 Å². The van der Waals surface area contributed by atoms with E-state index in [0.717, 1.165) is 18.2 Å². The highest BCUT2D eigenvalue weighted by Crippen LogP contribution is 2.33. The van der Waals surface area contributed by atoms with Gasteiger partial charge in [0.1, 0.15) is 11.6 Å². The molecule has 1 heterocycles. The van der Waals surface area contributed by atoms with Crippen molar-refractivity contribution in [2.75, 3.05) is 11.9 Å². The van der Waals surface area contributed by atoms with Crippen LogP contribution in [0.15, 0.2) is 48.7 Å². The summed E-state index contributed by atoms with van der Waals surface area (Å²) in [6.45, 7) is 0.925. The quantitative estimate of drug-likeness (QED) is 0.454. The van der Waals surface area contributed by atoms with Gasteiger partial charge in [-0.1, -0.05) is 18.2 Å². The highest BCUT2D eigenvalue weighted by Gasteiger charge is 2.64. The standard InChI is InChI=1S/C17H15F4N3O3/c1-2-27-15(26)16(17(19,20)21,23-13-9-5-6-10-22-13)24-14(25)11-7-3-4-8-12(11)18/h3-10H,2H2,1H3,(H,22,23)(H,24,25). The number of hydrogen-bond donors (Lipinski definition) is 2. The Morgan fingerprint density at radius 1 is 1.11 bits per heavy atom. The molecular weight excluding hydrogens is 370 g/mol. The van der Waals surface area contributed by atoms with Crippen molar-refractivity contribution in [1.29, 1.82) is 0 Å². The third kappa shape index (κ3) is 4.33. The highest BCUT2D eigenvalue weighted by molar-refractivity contribution is 5.99. The van der Waals surface area contributed by atoms with Gasteiger partial charge in [-0.05, 0) is 31.2 Å². The normalized spacial score (nSPS) is 13.4. The molecule has 1 unspecified atom stereocenters. The molecule has 6 nitrogen and oxygen atoms in total. The first-order valence-corrected chi connectivity index (χ1v) is 7.71. The summed E-state index contributed by atoms with van der Waals surface area (Å²) < 4.78 is 60.0. The second-order valence-corrected chi connectivity index (χ2v) is 5.24. The average Bonchev–Trinajstić information content (AvgIpc) is 2.61. The predicted molar refractivity (Wildman–Crippen MR) is 87.1 cm³/mol. The van der Waals surface area contributed by atoms with Crippen LogP contribution >= 0.6 is 0 Å². The van der Waals surface area contributed by atoms with Crippen LogP contribution in [0.25, 0.3) is 0 Å². The lowest BCUT2D eigenvalue weighted by atomic mass is 10.1. The fourth-order valence-corrected chi connectivity index (χ4v) is 2.14.